The van der Waals surface area contributed by atoms with Crippen molar-refractivity contribution in [2.75, 3.05) is 31.4 Å². The van der Waals surface area contributed by atoms with Crippen LogP contribution in [-0.2, 0) is 17.7 Å². The summed E-state index contributed by atoms with van der Waals surface area (Å²) in [5.41, 5.74) is 1.35. The number of aromatic nitrogens is 1. The quantitative estimate of drug-likeness (QED) is 0.312. The average Bonchev–Trinajstić information content (AvgIpc) is 2.99. The van der Waals surface area contributed by atoms with Crippen molar-refractivity contribution in [3.63, 3.8) is 0 Å². The van der Waals surface area contributed by atoms with Crippen LogP contribution in [0.4, 0.5) is 16.2 Å². The van der Waals surface area contributed by atoms with Gasteiger partial charge >= 0.3 is 6.09 Å². The molecule has 0 spiro atoms. The van der Waals surface area contributed by atoms with Crippen LogP contribution in [0.5, 0.6) is 11.5 Å². The molecule has 0 atom stereocenters. The highest BCUT2D eigenvalue weighted by Gasteiger charge is 2.27. The lowest BCUT2D eigenvalue weighted by Gasteiger charge is -2.31. The Morgan fingerprint density at radius 2 is 1.68 bits per heavy atom. The van der Waals surface area contributed by atoms with Crippen molar-refractivity contribution in [1.29, 1.82) is 0 Å². The van der Waals surface area contributed by atoms with Gasteiger partial charge in [-0.3, -0.25) is 19.4 Å². The monoisotopic (exact) mass is 600 g/mol. The second kappa shape index (κ2) is 12.1. The van der Waals surface area contributed by atoms with E-state index in [4.69, 9.17) is 18.6 Å². The van der Waals surface area contributed by atoms with Gasteiger partial charge in [-0.25, -0.2) is 4.79 Å². The molecule has 1 aliphatic rings. The van der Waals surface area contributed by atoms with Gasteiger partial charge in [-0.2, -0.15) is 0 Å². The van der Waals surface area contributed by atoms with Gasteiger partial charge in [0.1, 0.15) is 11.2 Å². The van der Waals surface area contributed by atoms with Crippen molar-refractivity contribution in [2.45, 2.75) is 39.3 Å². The number of anilines is 2. The first-order chi connectivity index (χ1) is 21.0. The lowest BCUT2D eigenvalue weighted by Crippen LogP contribution is -2.40. The van der Waals surface area contributed by atoms with Crippen LogP contribution >= 0.6 is 0 Å². The molecule has 5 rings (SSSR count). The maximum absolute atomic E-state index is 13.6. The van der Waals surface area contributed by atoms with E-state index in [1.54, 1.807) is 56.0 Å². The molecule has 2 N–H and O–H groups in total. The molecule has 44 heavy (non-hydrogen) atoms. The molecule has 228 valence electrons. The number of para-hydroxylation sites is 1. The number of ether oxygens (including phenoxy) is 3. The normalized spacial score (nSPS) is 12.7. The van der Waals surface area contributed by atoms with E-state index in [-0.39, 0.29) is 46.1 Å². The van der Waals surface area contributed by atoms with Gasteiger partial charge in [0.2, 0.25) is 0 Å². The molecular formula is C32H32N4O8. The SMILES string of the molecule is COc1cc(NC(=O)c2cc(=O)c3ccccc3o2)c(C(=O)Nc2cnc3c(c2)CN(C(=O)OC(C)(C)C)CC3)cc1OC. The molecule has 4 aromatic rings. The number of methoxy groups -OCH3 is 2. The van der Waals surface area contributed by atoms with Crippen molar-refractivity contribution >= 4 is 40.3 Å². The third kappa shape index (κ3) is 6.48. The minimum Gasteiger partial charge on any atom is -0.493 e. The first-order valence-corrected chi connectivity index (χ1v) is 13.8. The zero-order valence-electron chi connectivity index (χ0n) is 25.0. The van der Waals surface area contributed by atoms with E-state index in [9.17, 15) is 19.2 Å². The fourth-order valence-corrected chi connectivity index (χ4v) is 4.75. The molecule has 2 aromatic carbocycles. The van der Waals surface area contributed by atoms with Crippen molar-refractivity contribution in [3.05, 3.63) is 87.5 Å². The number of carbonyl (C=O) groups is 3. The molecular weight excluding hydrogens is 568 g/mol. The minimum atomic E-state index is -0.744. The molecule has 0 bridgehead atoms. The molecule has 0 unspecified atom stereocenters. The van der Waals surface area contributed by atoms with Gasteiger partial charge in [0.25, 0.3) is 11.8 Å². The van der Waals surface area contributed by atoms with E-state index >= 15 is 0 Å². The highest BCUT2D eigenvalue weighted by molar-refractivity contribution is 6.12. The van der Waals surface area contributed by atoms with Crippen molar-refractivity contribution in [2.24, 2.45) is 0 Å². The fourth-order valence-electron chi connectivity index (χ4n) is 4.75. The lowest BCUT2D eigenvalue weighted by molar-refractivity contribution is 0.0222. The van der Waals surface area contributed by atoms with E-state index in [1.807, 2.05) is 0 Å². The van der Waals surface area contributed by atoms with E-state index in [1.165, 1.54) is 32.5 Å². The number of nitrogens with zero attached hydrogens (tertiary/aromatic N) is 2. The standard InChI is InChI=1S/C32H32N4O8/c1-32(2,3)44-31(40)36-11-10-22-18(17-36)12-19(16-33-22)34-29(38)21-13-26(41-4)27(42-5)14-23(21)35-30(39)28-15-24(37)20-8-6-7-9-25(20)43-28/h6-9,12-16H,10-11,17H2,1-5H3,(H,34,38)(H,35,39). The summed E-state index contributed by atoms with van der Waals surface area (Å²) in [6.07, 6.45) is 1.65. The molecule has 0 aliphatic carbocycles. The summed E-state index contributed by atoms with van der Waals surface area (Å²) < 4.78 is 21.9. The molecule has 0 fully saturated rings. The predicted molar refractivity (Wildman–Crippen MR) is 163 cm³/mol. The van der Waals surface area contributed by atoms with Gasteiger partial charge in [-0.1, -0.05) is 12.1 Å². The number of pyridine rings is 1. The van der Waals surface area contributed by atoms with Crippen LogP contribution in [0.1, 0.15) is 52.9 Å². The van der Waals surface area contributed by atoms with Gasteiger partial charge in [0, 0.05) is 30.8 Å². The molecule has 0 radical (unpaired) electrons. The Balaban J connectivity index is 1.41. The number of hydrogen-bond acceptors (Lipinski definition) is 9. The molecule has 3 heterocycles. The number of nitrogens with one attached hydrogen (secondary N) is 2. The number of fused-ring (bicyclic) bond motifs is 2. The summed E-state index contributed by atoms with van der Waals surface area (Å²) in [7, 11) is 2.84. The summed E-state index contributed by atoms with van der Waals surface area (Å²) in [6.45, 7) is 6.16. The van der Waals surface area contributed by atoms with Crippen LogP contribution in [-0.4, -0.2) is 54.2 Å². The zero-order valence-corrected chi connectivity index (χ0v) is 25.0. The predicted octanol–water partition coefficient (Wildman–Crippen LogP) is 5.00. The van der Waals surface area contributed by atoms with Crippen LogP contribution in [0.2, 0.25) is 0 Å². The van der Waals surface area contributed by atoms with Crippen molar-refractivity contribution in [3.8, 4) is 11.5 Å². The number of benzene rings is 2. The van der Waals surface area contributed by atoms with Crippen LogP contribution in [0.25, 0.3) is 11.0 Å². The van der Waals surface area contributed by atoms with E-state index in [0.29, 0.717) is 24.0 Å². The Hall–Kier alpha value is -5.39. The van der Waals surface area contributed by atoms with Gasteiger partial charge < -0.3 is 34.2 Å². The van der Waals surface area contributed by atoms with Gasteiger partial charge in [0.15, 0.2) is 22.7 Å². The maximum Gasteiger partial charge on any atom is 0.410 e. The first kappa shape index (κ1) is 30.1. The molecule has 0 saturated heterocycles. The van der Waals surface area contributed by atoms with Gasteiger partial charge in [-0.15, -0.1) is 0 Å². The van der Waals surface area contributed by atoms with E-state index in [2.05, 4.69) is 15.6 Å². The number of amides is 3. The molecule has 12 heteroatoms. The second-order valence-corrected chi connectivity index (χ2v) is 11.1. The first-order valence-electron chi connectivity index (χ1n) is 13.8. The summed E-state index contributed by atoms with van der Waals surface area (Å²) >= 11 is 0. The molecule has 0 saturated carbocycles. The topological polar surface area (TPSA) is 149 Å². The van der Waals surface area contributed by atoms with E-state index < -0.39 is 23.5 Å². The van der Waals surface area contributed by atoms with Crippen LogP contribution in [0.3, 0.4) is 0 Å². The van der Waals surface area contributed by atoms with E-state index in [0.717, 1.165) is 17.3 Å². The van der Waals surface area contributed by atoms with Crippen molar-refractivity contribution in [1.82, 2.24) is 9.88 Å². The molecule has 1 aliphatic heterocycles. The minimum absolute atomic E-state index is 0.0484. The van der Waals surface area contributed by atoms with Crippen LogP contribution < -0.4 is 25.5 Å². The molecule has 12 nitrogen and oxygen atoms in total. The Labute approximate surface area is 252 Å². The Bertz CT molecular complexity index is 1830. The Morgan fingerprint density at radius 3 is 2.41 bits per heavy atom. The number of carbonyl (C=O) groups excluding carboxylic acids is 3. The van der Waals surface area contributed by atoms with Gasteiger partial charge in [-0.05, 0) is 50.6 Å². The number of hydrogen-bond donors (Lipinski definition) is 2. The molecule has 2 aromatic heterocycles. The molecule has 3 amide bonds. The summed E-state index contributed by atoms with van der Waals surface area (Å²) in [5, 5.41) is 5.80. The Kier molecular flexibility index (Phi) is 8.26. The van der Waals surface area contributed by atoms with Crippen LogP contribution in [0.15, 0.2) is 63.9 Å². The zero-order chi connectivity index (χ0) is 31.6. The average molecular weight is 601 g/mol. The highest BCUT2D eigenvalue weighted by atomic mass is 16.6. The maximum atomic E-state index is 13.6. The summed E-state index contributed by atoms with van der Waals surface area (Å²) in [6, 6.07) is 12.3. The lowest BCUT2D eigenvalue weighted by atomic mass is 10.1. The summed E-state index contributed by atoms with van der Waals surface area (Å²) in [5.74, 6) is -1.04. The third-order valence-corrected chi connectivity index (χ3v) is 6.82. The summed E-state index contributed by atoms with van der Waals surface area (Å²) in [4.78, 5) is 58.1. The van der Waals surface area contributed by atoms with Crippen LogP contribution in [0, 0.1) is 0 Å². The highest BCUT2D eigenvalue weighted by Crippen LogP contribution is 2.34. The largest absolute Gasteiger partial charge is 0.493 e. The smallest absolute Gasteiger partial charge is 0.410 e. The fraction of sp³-hybridized carbons (Fsp3) is 0.281. The van der Waals surface area contributed by atoms with Gasteiger partial charge in [0.05, 0.1) is 49.3 Å². The number of rotatable bonds is 6. The van der Waals surface area contributed by atoms with Crippen molar-refractivity contribution < 1.29 is 33.0 Å². The third-order valence-electron chi connectivity index (χ3n) is 6.82. The Morgan fingerprint density at radius 1 is 0.955 bits per heavy atom. The second-order valence-electron chi connectivity index (χ2n) is 11.1.